The second-order valence-corrected chi connectivity index (χ2v) is 9.18. The third kappa shape index (κ3) is 5.87. The molecule has 1 N–H and O–H groups in total. The van der Waals surface area contributed by atoms with Crippen molar-refractivity contribution < 1.29 is 4.79 Å². The molecule has 2 aromatic heterocycles. The highest BCUT2D eigenvalue weighted by atomic mass is 79.9. The molecular formula is C23H18BrClN6OS. The van der Waals surface area contributed by atoms with Crippen molar-refractivity contribution in [3.8, 4) is 17.1 Å². The number of carbonyl (C=O) groups excluding carboxylic acids is 1. The Morgan fingerprint density at radius 3 is 2.45 bits per heavy atom. The SMILES string of the molecule is CC(=NNC(=O)CSc1nnc(-c2ccncc2)n1-c1ccc(Cl)cc1)c1ccc(Br)cc1. The molecule has 166 valence electrons. The standard InChI is InChI=1S/C23H18BrClN6OS/c1-15(16-2-4-18(24)5-3-16)27-28-21(32)14-33-23-30-29-22(17-10-12-26-13-11-17)31(23)20-8-6-19(25)7-9-20/h2-13H,14H2,1H3,(H,28,32). The van der Waals surface area contributed by atoms with Gasteiger partial charge in [0.2, 0.25) is 0 Å². The Labute approximate surface area is 208 Å². The highest BCUT2D eigenvalue weighted by Gasteiger charge is 2.17. The number of halogens is 2. The molecule has 0 saturated carbocycles. The highest BCUT2D eigenvalue weighted by Crippen LogP contribution is 2.28. The number of hydrazone groups is 1. The van der Waals surface area contributed by atoms with Gasteiger partial charge in [0.1, 0.15) is 0 Å². The molecule has 7 nitrogen and oxygen atoms in total. The van der Waals surface area contributed by atoms with Crippen LogP contribution in [-0.2, 0) is 4.79 Å². The largest absolute Gasteiger partial charge is 0.272 e. The summed E-state index contributed by atoms with van der Waals surface area (Å²) in [5.74, 6) is 0.526. The van der Waals surface area contributed by atoms with Gasteiger partial charge in [-0.25, -0.2) is 5.43 Å². The molecule has 33 heavy (non-hydrogen) atoms. The molecule has 1 amide bonds. The van der Waals surface area contributed by atoms with Crippen LogP contribution in [0, 0.1) is 0 Å². The van der Waals surface area contributed by atoms with Crippen molar-refractivity contribution in [2.24, 2.45) is 5.10 Å². The van der Waals surface area contributed by atoms with Crippen LogP contribution in [0.4, 0.5) is 0 Å². The molecule has 2 aromatic carbocycles. The van der Waals surface area contributed by atoms with Crippen LogP contribution in [0.5, 0.6) is 0 Å². The van der Waals surface area contributed by atoms with Gasteiger partial charge in [-0.1, -0.05) is 51.4 Å². The van der Waals surface area contributed by atoms with E-state index in [1.807, 2.05) is 60.0 Å². The Kier molecular flexibility index (Phi) is 7.54. The Bertz CT molecular complexity index is 1280. The maximum atomic E-state index is 12.4. The van der Waals surface area contributed by atoms with Crippen LogP contribution in [0.15, 0.2) is 87.8 Å². The second kappa shape index (κ2) is 10.7. The van der Waals surface area contributed by atoms with Crippen molar-refractivity contribution in [1.29, 1.82) is 0 Å². The molecule has 0 saturated heterocycles. The van der Waals surface area contributed by atoms with Gasteiger partial charge in [0.25, 0.3) is 5.91 Å². The zero-order chi connectivity index (χ0) is 23.2. The van der Waals surface area contributed by atoms with Crippen LogP contribution in [-0.4, -0.2) is 37.1 Å². The van der Waals surface area contributed by atoms with Crippen LogP contribution < -0.4 is 5.43 Å². The van der Waals surface area contributed by atoms with Gasteiger partial charge < -0.3 is 0 Å². The summed E-state index contributed by atoms with van der Waals surface area (Å²) in [5.41, 5.74) is 5.94. The number of aromatic nitrogens is 4. The molecule has 2 heterocycles. The van der Waals surface area contributed by atoms with E-state index >= 15 is 0 Å². The summed E-state index contributed by atoms with van der Waals surface area (Å²) in [6.45, 7) is 1.84. The van der Waals surface area contributed by atoms with Gasteiger partial charge in [-0.15, -0.1) is 10.2 Å². The predicted octanol–water partition coefficient (Wildman–Crippen LogP) is 5.38. The van der Waals surface area contributed by atoms with Crippen molar-refractivity contribution in [2.75, 3.05) is 5.75 Å². The maximum absolute atomic E-state index is 12.4. The molecule has 0 aliphatic rings. The molecular weight excluding hydrogens is 524 g/mol. The number of hydrogen-bond acceptors (Lipinski definition) is 6. The van der Waals surface area contributed by atoms with E-state index in [0.29, 0.717) is 21.7 Å². The minimum atomic E-state index is -0.243. The number of rotatable bonds is 7. The average molecular weight is 542 g/mol. The number of benzene rings is 2. The normalized spacial score (nSPS) is 11.4. The number of nitrogens with one attached hydrogen (secondary N) is 1. The number of thioether (sulfide) groups is 1. The maximum Gasteiger partial charge on any atom is 0.250 e. The van der Waals surface area contributed by atoms with Crippen LogP contribution in [0.2, 0.25) is 5.02 Å². The third-order valence-electron chi connectivity index (χ3n) is 4.60. The van der Waals surface area contributed by atoms with Gasteiger partial charge in [-0.2, -0.15) is 5.10 Å². The van der Waals surface area contributed by atoms with Gasteiger partial charge >= 0.3 is 0 Å². The fraction of sp³-hybridized carbons (Fsp3) is 0.0870. The Morgan fingerprint density at radius 2 is 1.76 bits per heavy atom. The smallest absolute Gasteiger partial charge is 0.250 e. The van der Waals surface area contributed by atoms with Crippen molar-refractivity contribution in [2.45, 2.75) is 12.1 Å². The van der Waals surface area contributed by atoms with Gasteiger partial charge in [-0.3, -0.25) is 14.3 Å². The number of amides is 1. The second-order valence-electron chi connectivity index (χ2n) is 6.88. The quantitative estimate of drug-likeness (QED) is 0.193. The van der Waals surface area contributed by atoms with Gasteiger partial charge in [0, 0.05) is 33.1 Å². The van der Waals surface area contributed by atoms with Crippen molar-refractivity contribution in [1.82, 2.24) is 25.2 Å². The Morgan fingerprint density at radius 1 is 1.06 bits per heavy atom. The first kappa shape index (κ1) is 23.2. The molecule has 4 rings (SSSR count). The molecule has 0 unspecified atom stereocenters. The van der Waals surface area contributed by atoms with Crippen molar-refractivity contribution >= 4 is 50.9 Å². The fourth-order valence-corrected chi connectivity index (χ4v) is 4.07. The zero-order valence-electron chi connectivity index (χ0n) is 17.4. The summed E-state index contributed by atoms with van der Waals surface area (Å²) in [4.78, 5) is 16.5. The molecule has 4 aromatic rings. The Hall–Kier alpha value is -3.01. The summed E-state index contributed by atoms with van der Waals surface area (Å²) in [5, 5.41) is 14.1. The molecule has 0 radical (unpaired) electrons. The molecule has 0 aliphatic carbocycles. The monoisotopic (exact) mass is 540 g/mol. The predicted molar refractivity (Wildman–Crippen MR) is 135 cm³/mol. The molecule has 10 heteroatoms. The zero-order valence-corrected chi connectivity index (χ0v) is 20.6. The lowest BCUT2D eigenvalue weighted by Crippen LogP contribution is -2.21. The summed E-state index contributed by atoms with van der Waals surface area (Å²) in [7, 11) is 0. The van der Waals surface area contributed by atoms with E-state index in [9.17, 15) is 4.79 Å². The van der Waals surface area contributed by atoms with E-state index in [1.54, 1.807) is 24.5 Å². The minimum absolute atomic E-state index is 0.124. The highest BCUT2D eigenvalue weighted by molar-refractivity contribution is 9.10. The van der Waals surface area contributed by atoms with Gasteiger partial charge in [-0.05, 0) is 61.0 Å². The van der Waals surface area contributed by atoms with Gasteiger partial charge in [0.15, 0.2) is 11.0 Å². The molecule has 0 aliphatic heterocycles. The fourth-order valence-electron chi connectivity index (χ4n) is 2.94. The van der Waals surface area contributed by atoms with Crippen molar-refractivity contribution in [3.05, 3.63) is 88.1 Å². The molecule has 0 atom stereocenters. The van der Waals surface area contributed by atoms with E-state index < -0.39 is 0 Å². The van der Waals surface area contributed by atoms with Crippen molar-refractivity contribution in [3.63, 3.8) is 0 Å². The van der Waals surface area contributed by atoms with Gasteiger partial charge in [0.05, 0.1) is 11.5 Å². The van der Waals surface area contributed by atoms with Crippen LogP contribution in [0.3, 0.4) is 0 Å². The molecule has 0 bridgehead atoms. The third-order valence-corrected chi connectivity index (χ3v) is 6.31. The molecule has 0 spiro atoms. The Balaban J connectivity index is 1.51. The van der Waals surface area contributed by atoms with E-state index in [4.69, 9.17) is 11.6 Å². The lowest BCUT2D eigenvalue weighted by Gasteiger charge is -2.10. The number of pyridine rings is 1. The first-order valence-electron chi connectivity index (χ1n) is 9.85. The van der Waals surface area contributed by atoms with Crippen LogP contribution in [0.25, 0.3) is 17.1 Å². The summed E-state index contributed by atoms with van der Waals surface area (Å²) >= 11 is 10.7. The summed E-state index contributed by atoms with van der Waals surface area (Å²) in [6, 6.07) is 18.8. The minimum Gasteiger partial charge on any atom is -0.272 e. The first-order chi connectivity index (χ1) is 16.0. The number of nitrogens with zero attached hydrogens (tertiary/aromatic N) is 5. The molecule has 0 fully saturated rings. The van der Waals surface area contributed by atoms with Crippen LogP contribution >= 0.6 is 39.3 Å². The van der Waals surface area contributed by atoms with E-state index in [0.717, 1.165) is 21.3 Å². The average Bonchev–Trinajstić information content (AvgIpc) is 3.26. The topological polar surface area (TPSA) is 85.1 Å². The summed E-state index contributed by atoms with van der Waals surface area (Å²) < 4.78 is 2.87. The van der Waals surface area contributed by atoms with E-state index in [-0.39, 0.29) is 11.7 Å². The lowest BCUT2D eigenvalue weighted by molar-refractivity contribution is -0.118. The number of carbonyl (C=O) groups is 1. The van der Waals surface area contributed by atoms with E-state index in [2.05, 4.69) is 41.6 Å². The van der Waals surface area contributed by atoms with E-state index in [1.165, 1.54) is 11.8 Å². The number of hydrogen-bond donors (Lipinski definition) is 1. The summed E-state index contributed by atoms with van der Waals surface area (Å²) in [6.07, 6.45) is 3.39. The van der Waals surface area contributed by atoms with Crippen LogP contribution in [0.1, 0.15) is 12.5 Å². The first-order valence-corrected chi connectivity index (χ1v) is 12.0. The lowest BCUT2D eigenvalue weighted by atomic mass is 10.1.